The molecule has 0 radical (unpaired) electrons. The maximum absolute atomic E-state index is 12.7. The van der Waals surface area contributed by atoms with Crippen LogP contribution in [0.4, 0.5) is 4.79 Å². The summed E-state index contributed by atoms with van der Waals surface area (Å²) >= 11 is 0. The lowest BCUT2D eigenvalue weighted by molar-refractivity contribution is -0.134. The first-order valence-corrected chi connectivity index (χ1v) is 7.80. The Balaban J connectivity index is 2.23. The van der Waals surface area contributed by atoms with Gasteiger partial charge in [0.05, 0.1) is 0 Å². The molecule has 1 atom stereocenters. The molecule has 2 rings (SSSR count). The highest BCUT2D eigenvalue weighted by Crippen LogP contribution is 2.29. The van der Waals surface area contributed by atoms with E-state index in [1.165, 1.54) is 0 Å². The summed E-state index contributed by atoms with van der Waals surface area (Å²) in [5.41, 5.74) is 0.728. The molecule has 1 aromatic rings. The normalized spacial score (nSPS) is 20.8. The zero-order valence-electron chi connectivity index (χ0n) is 14.0. The average molecular weight is 317 g/mol. The van der Waals surface area contributed by atoms with Gasteiger partial charge in [0.25, 0.3) is 5.91 Å². The molecular formula is C17H23N3O3. The Labute approximate surface area is 136 Å². The van der Waals surface area contributed by atoms with Crippen LogP contribution in [-0.2, 0) is 15.1 Å². The smallest absolute Gasteiger partial charge is 0.325 e. The quantitative estimate of drug-likeness (QED) is 0.812. The molecule has 0 spiro atoms. The van der Waals surface area contributed by atoms with Crippen LogP contribution in [0.25, 0.3) is 0 Å². The predicted molar refractivity (Wildman–Crippen MR) is 86.8 cm³/mol. The van der Waals surface area contributed by atoms with E-state index in [4.69, 9.17) is 0 Å². The highest BCUT2D eigenvalue weighted by atomic mass is 16.2. The molecule has 1 heterocycles. The summed E-state index contributed by atoms with van der Waals surface area (Å²) in [5, 5.41) is 5.29. The molecule has 0 bridgehead atoms. The summed E-state index contributed by atoms with van der Waals surface area (Å²) in [6.45, 7) is 7.81. The van der Waals surface area contributed by atoms with E-state index in [0.717, 1.165) is 10.5 Å². The number of hydrogen-bond acceptors (Lipinski definition) is 3. The highest BCUT2D eigenvalue weighted by molar-refractivity contribution is 6.09. The first kappa shape index (κ1) is 17.0. The van der Waals surface area contributed by atoms with Crippen LogP contribution in [0.3, 0.4) is 0 Å². The van der Waals surface area contributed by atoms with Crippen molar-refractivity contribution in [2.45, 2.75) is 39.2 Å². The van der Waals surface area contributed by atoms with Crippen molar-refractivity contribution < 1.29 is 14.4 Å². The van der Waals surface area contributed by atoms with E-state index >= 15 is 0 Å². The Morgan fingerprint density at radius 2 is 1.87 bits per heavy atom. The molecular weight excluding hydrogens is 294 g/mol. The van der Waals surface area contributed by atoms with Crippen molar-refractivity contribution in [3.8, 4) is 0 Å². The molecule has 2 N–H and O–H groups in total. The van der Waals surface area contributed by atoms with E-state index < -0.39 is 17.5 Å². The number of nitrogens with zero attached hydrogens (tertiary/aromatic N) is 1. The van der Waals surface area contributed by atoms with Crippen LogP contribution in [0.15, 0.2) is 24.3 Å². The lowest BCUT2D eigenvalue weighted by Crippen LogP contribution is -2.43. The zero-order valence-corrected chi connectivity index (χ0v) is 14.0. The fourth-order valence-corrected chi connectivity index (χ4v) is 2.63. The number of rotatable bonds is 5. The third-order valence-corrected chi connectivity index (χ3v) is 4.11. The first-order chi connectivity index (χ1) is 10.8. The number of nitrogens with one attached hydrogen (secondary N) is 2. The number of carbonyl (C=O) groups is 3. The second-order valence-electron chi connectivity index (χ2n) is 6.18. The lowest BCUT2D eigenvalue weighted by atomic mass is 9.90. The van der Waals surface area contributed by atoms with E-state index in [1.54, 1.807) is 13.8 Å². The van der Waals surface area contributed by atoms with Gasteiger partial charge in [-0.15, -0.1) is 0 Å². The third kappa shape index (κ3) is 3.21. The molecule has 1 aromatic carbocycles. The van der Waals surface area contributed by atoms with E-state index in [-0.39, 0.29) is 12.5 Å². The van der Waals surface area contributed by atoms with Crippen molar-refractivity contribution in [2.24, 2.45) is 0 Å². The van der Waals surface area contributed by atoms with E-state index in [2.05, 4.69) is 24.5 Å². The Morgan fingerprint density at radius 3 is 2.39 bits per heavy atom. The number of imide groups is 1. The van der Waals surface area contributed by atoms with Gasteiger partial charge in [0.15, 0.2) is 0 Å². The van der Waals surface area contributed by atoms with Crippen LogP contribution in [-0.4, -0.2) is 35.8 Å². The van der Waals surface area contributed by atoms with Crippen LogP contribution >= 0.6 is 0 Å². The van der Waals surface area contributed by atoms with Crippen LogP contribution < -0.4 is 10.6 Å². The van der Waals surface area contributed by atoms with Gasteiger partial charge in [0.2, 0.25) is 5.91 Å². The van der Waals surface area contributed by atoms with E-state index in [0.29, 0.717) is 18.0 Å². The van der Waals surface area contributed by atoms with E-state index in [9.17, 15) is 14.4 Å². The van der Waals surface area contributed by atoms with Crippen LogP contribution in [0.5, 0.6) is 0 Å². The third-order valence-electron chi connectivity index (χ3n) is 4.11. The molecule has 4 amide bonds. The van der Waals surface area contributed by atoms with Crippen molar-refractivity contribution in [1.29, 1.82) is 0 Å². The number of carbonyl (C=O) groups excluding carboxylic acids is 3. The lowest BCUT2D eigenvalue weighted by Gasteiger charge is -2.22. The van der Waals surface area contributed by atoms with Crippen molar-refractivity contribution >= 4 is 17.8 Å². The Kier molecular flexibility index (Phi) is 4.73. The molecule has 1 fully saturated rings. The fourth-order valence-electron chi connectivity index (χ4n) is 2.63. The van der Waals surface area contributed by atoms with Gasteiger partial charge in [-0.25, -0.2) is 4.79 Å². The molecule has 1 saturated heterocycles. The average Bonchev–Trinajstić information content (AvgIpc) is 2.72. The van der Waals surface area contributed by atoms with Gasteiger partial charge in [-0.3, -0.25) is 14.5 Å². The van der Waals surface area contributed by atoms with Gasteiger partial charge in [0, 0.05) is 6.54 Å². The van der Waals surface area contributed by atoms with Gasteiger partial charge < -0.3 is 10.6 Å². The summed E-state index contributed by atoms with van der Waals surface area (Å²) in [6.07, 6.45) is 0. The molecule has 0 aliphatic carbocycles. The monoisotopic (exact) mass is 317 g/mol. The standard InChI is InChI=1S/C17H23N3O3/c1-5-18-14(21)10-20-15(22)17(4,19-16(20)23)13-8-6-12(7-9-13)11(2)3/h6-9,11H,5,10H2,1-4H3,(H,18,21)(H,19,23)/t17-/m0/s1. The number of likely N-dealkylation sites (N-methyl/N-ethyl adjacent to an activating group) is 1. The molecule has 1 aliphatic heterocycles. The molecule has 6 heteroatoms. The van der Waals surface area contributed by atoms with Gasteiger partial charge in [0.1, 0.15) is 12.1 Å². The molecule has 124 valence electrons. The number of amides is 4. The highest BCUT2D eigenvalue weighted by Gasteiger charge is 2.49. The summed E-state index contributed by atoms with van der Waals surface area (Å²) in [4.78, 5) is 37.4. The van der Waals surface area contributed by atoms with E-state index in [1.807, 2.05) is 24.3 Å². The second kappa shape index (κ2) is 6.40. The number of hydrogen-bond donors (Lipinski definition) is 2. The number of benzene rings is 1. The van der Waals surface area contributed by atoms with Crippen molar-refractivity contribution in [3.63, 3.8) is 0 Å². The molecule has 0 aromatic heterocycles. The maximum atomic E-state index is 12.7. The predicted octanol–water partition coefficient (Wildman–Crippen LogP) is 1.71. The maximum Gasteiger partial charge on any atom is 0.325 e. The molecule has 0 unspecified atom stereocenters. The summed E-state index contributed by atoms with van der Waals surface area (Å²) in [7, 11) is 0. The minimum Gasteiger partial charge on any atom is -0.355 e. The van der Waals surface area contributed by atoms with Crippen LogP contribution in [0.2, 0.25) is 0 Å². The first-order valence-electron chi connectivity index (χ1n) is 7.80. The summed E-state index contributed by atoms with van der Waals surface area (Å²) in [6, 6.07) is 7.07. The minimum atomic E-state index is -1.14. The van der Waals surface area contributed by atoms with Crippen LogP contribution in [0.1, 0.15) is 44.7 Å². The Hall–Kier alpha value is -2.37. The van der Waals surface area contributed by atoms with Gasteiger partial charge in [-0.1, -0.05) is 38.1 Å². The van der Waals surface area contributed by atoms with Crippen molar-refractivity contribution in [2.75, 3.05) is 13.1 Å². The SMILES string of the molecule is CCNC(=O)CN1C(=O)N[C@@](C)(c2ccc(C(C)C)cc2)C1=O. The van der Waals surface area contributed by atoms with Gasteiger partial charge in [-0.05, 0) is 30.9 Å². The van der Waals surface area contributed by atoms with Crippen molar-refractivity contribution in [1.82, 2.24) is 15.5 Å². The van der Waals surface area contributed by atoms with Gasteiger partial charge >= 0.3 is 6.03 Å². The molecule has 23 heavy (non-hydrogen) atoms. The molecule has 6 nitrogen and oxygen atoms in total. The van der Waals surface area contributed by atoms with Gasteiger partial charge in [-0.2, -0.15) is 0 Å². The number of urea groups is 1. The summed E-state index contributed by atoms with van der Waals surface area (Å²) in [5.74, 6) is -0.374. The molecule has 1 aliphatic rings. The largest absolute Gasteiger partial charge is 0.355 e. The minimum absolute atomic E-state index is 0.266. The van der Waals surface area contributed by atoms with Crippen LogP contribution in [0, 0.1) is 0 Å². The van der Waals surface area contributed by atoms with Crippen molar-refractivity contribution in [3.05, 3.63) is 35.4 Å². The fraction of sp³-hybridized carbons (Fsp3) is 0.471. The zero-order chi connectivity index (χ0) is 17.2. The second-order valence-corrected chi connectivity index (χ2v) is 6.18. The topological polar surface area (TPSA) is 78.5 Å². The Morgan fingerprint density at radius 1 is 1.26 bits per heavy atom. The Bertz CT molecular complexity index is 624. The summed E-state index contributed by atoms with van der Waals surface area (Å²) < 4.78 is 0. The molecule has 0 saturated carbocycles.